The van der Waals surface area contributed by atoms with Crippen molar-refractivity contribution in [1.29, 1.82) is 0 Å². The summed E-state index contributed by atoms with van der Waals surface area (Å²) in [6.45, 7) is 0. The van der Waals surface area contributed by atoms with Crippen LogP contribution in [0.5, 0.6) is 0 Å². The SMILES string of the molecule is COC(=O)[C@@H]1N[C@@]1(c1ccccc1)C(F)(F)F. The number of nitrogens with one attached hydrogen (secondary N) is 1. The van der Waals surface area contributed by atoms with E-state index in [1.54, 1.807) is 6.07 Å². The lowest BCUT2D eigenvalue weighted by Crippen LogP contribution is -2.36. The Bertz CT molecular complexity index is 432. The number of carbonyl (C=O) groups excluding carboxylic acids is 1. The zero-order valence-corrected chi connectivity index (χ0v) is 8.91. The average molecular weight is 245 g/mol. The van der Waals surface area contributed by atoms with Crippen LogP contribution in [-0.4, -0.2) is 25.3 Å². The van der Waals surface area contributed by atoms with Gasteiger partial charge >= 0.3 is 12.1 Å². The summed E-state index contributed by atoms with van der Waals surface area (Å²) in [7, 11) is 1.06. The maximum Gasteiger partial charge on any atom is 0.412 e. The molecule has 0 aromatic heterocycles. The Morgan fingerprint density at radius 2 is 1.94 bits per heavy atom. The third-order valence-electron chi connectivity index (χ3n) is 2.83. The van der Waals surface area contributed by atoms with Gasteiger partial charge in [-0.25, -0.2) is 0 Å². The van der Waals surface area contributed by atoms with Crippen LogP contribution in [0.25, 0.3) is 0 Å². The van der Waals surface area contributed by atoms with Gasteiger partial charge in [-0.15, -0.1) is 0 Å². The molecule has 1 saturated heterocycles. The Morgan fingerprint density at radius 1 is 1.35 bits per heavy atom. The lowest BCUT2D eigenvalue weighted by Gasteiger charge is -2.18. The summed E-state index contributed by atoms with van der Waals surface area (Å²) in [5.74, 6) is -0.911. The van der Waals surface area contributed by atoms with Crippen LogP contribution in [0.15, 0.2) is 30.3 Å². The number of rotatable bonds is 2. The number of alkyl halides is 3. The minimum atomic E-state index is -4.55. The van der Waals surface area contributed by atoms with E-state index in [9.17, 15) is 18.0 Å². The molecule has 1 fully saturated rings. The van der Waals surface area contributed by atoms with E-state index in [1.165, 1.54) is 24.3 Å². The van der Waals surface area contributed by atoms with Gasteiger partial charge in [-0.2, -0.15) is 13.2 Å². The van der Waals surface area contributed by atoms with Crippen LogP contribution in [0.2, 0.25) is 0 Å². The highest BCUT2D eigenvalue weighted by Crippen LogP contribution is 2.51. The topological polar surface area (TPSA) is 48.2 Å². The van der Waals surface area contributed by atoms with Gasteiger partial charge in [0.2, 0.25) is 0 Å². The molecular weight excluding hydrogens is 235 g/mol. The van der Waals surface area contributed by atoms with E-state index < -0.39 is 23.7 Å². The molecule has 0 radical (unpaired) electrons. The third kappa shape index (κ3) is 1.68. The fourth-order valence-electron chi connectivity index (χ4n) is 1.90. The molecule has 0 spiro atoms. The van der Waals surface area contributed by atoms with Gasteiger partial charge in [-0.1, -0.05) is 30.3 Å². The number of benzene rings is 1. The highest BCUT2D eigenvalue weighted by atomic mass is 19.4. The first-order valence-electron chi connectivity index (χ1n) is 4.91. The first-order valence-corrected chi connectivity index (χ1v) is 4.91. The molecule has 0 aliphatic carbocycles. The second kappa shape index (κ2) is 3.73. The summed E-state index contributed by atoms with van der Waals surface area (Å²) >= 11 is 0. The van der Waals surface area contributed by atoms with Crippen LogP contribution in [0.1, 0.15) is 5.56 Å². The fourth-order valence-corrected chi connectivity index (χ4v) is 1.90. The number of halogens is 3. The van der Waals surface area contributed by atoms with Crippen LogP contribution in [0.3, 0.4) is 0 Å². The second-order valence-corrected chi connectivity index (χ2v) is 3.77. The maximum absolute atomic E-state index is 13.1. The Hall–Kier alpha value is -1.56. The largest absolute Gasteiger partial charge is 0.468 e. The molecule has 1 heterocycles. The van der Waals surface area contributed by atoms with E-state index >= 15 is 0 Å². The van der Waals surface area contributed by atoms with Gasteiger partial charge in [0, 0.05) is 0 Å². The minimum absolute atomic E-state index is 0.0166. The molecule has 1 aliphatic rings. The number of hydrogen-bond donors (Lipinski definition) is 1. The molecule has 2 atom stereocenters. The van der Waals surface area contributed by atoms with Crippen LogP contribution >= 0.6 is 0 Å². The number of carbonyl (C=O) groups is 1. The monoisotopic (exact) mass is 245 g/mol. The van der Waals surface area contributed by atoms with Gasteiger partial charge in [-0.05, 0) is 5.56 Å². The van der Waals surface area contributed by atoms with Crippen molar-refractivity contribution in [3.63, 3.8) is 0 Å². The molecule has 92 valence electrons. The van der Waals surface area contributed by atoms with Crippen molar-refractivity contribution < 1.29 is 22.7 Å². The predicted molar refractivity (Wildman–Crippen MR) is 53.1 cm³/mol. The summed E-state index contributed by atoms with van der Waals surface area (Å²) in [5, 5.41) is 2.19. The van der Waals surface area contributed by atoms with Crippen molar-refractivity contribution in [2.45, 2.75) is 17.8 Å². The number of ether oxygens (including phenoxy) is 1. The highest BCUT2D eigenvalue weighted by molar-refractivity contribution is 5.83. The lowest BCUT2D eigenvalue weighted by atomic mass is 9.94. The van der Waals surface area contributed by atoms with Crippen molar-refractivity contribution in [3.05, 3.63) is 35.9 Å². The molecule has 1 N–H and O–H groups in total. The van der Waals surface area contributed by atoms with Gasteiger partial charge in [0.25, 0.3) is 0 Å². The standard InChI is InChI=1S/C11H10F3NO2/c1-17-9(16)8-10(15-8,11(12,13)14)7-5-3-2-4-6-7/h2-6,8,15H,1H3/t8-,10+/m0/s1. The van der Waals surface area contributed by atoms with Crippen LogP contribution in [0, 0.1) is 0 Å². The Balaban J connectivity index is 2.40. The van der Waals surface area contributed by atoms with E-state index in [2.05, 4.69) is 10.1 Å². The molecule has 0 amide bonds. The number of esters is 1. The zero-order chi connectivity index (χ0) is 12.7. The normalized spacial score (nSPS) is 27.6. The fraction of sp³-hybridized carbons (Fsp3) is 0.364. The molecule has 3 nitrogen and oxygen atoms in total. The van der Waals surface area contributed by atoms with Gasteiger partial charge in [0.15, 0.2) is 5.54 Å². The summed E-state index contributed by atoms with van der Waals surface area (Å²) in [5.41, 5.74) is -2.29. The molecule has 6 heteroatoms. The number of hydrogen-bond acceptors (Lipinski definition) is 3. The maximum atomic E-state index is 13.1. The molecule has 17 heavy (non-hydrogen) atoms. The van der Waals surface area contributed by atoms with Crippen molar-refractivity contribution in [2.75, 3.05) is 7.11 Å². The van der Waals surface area contributed by atoms with Crippen LogP contribution < -0.4 is 5.32 Å². The van der Waals surface area contributed by atoms with Crippen molar-refractivity contribution in [1.82, 2.24) is 5.32 Å². The van der Waals surface area contributed by atoms with Gasteiger partial charge in [0.1, 0.15) is 6.04 Å². The smallest absolute Gasteiger partial charge is 0.412 e. The van der Waals surface area contributed by atoms with E-state index in [0.717, 1.165) is 7.11 Å². The molecule has 2 rings (SSSR count). The third-order valence-corrected chi connectivity index (χ3v) is 2.83. The molecular formula is C11H10F3NO2. The quantitative estimate of drug-likeness (QED) is 0.635. The van der Waals surface area contributed by atoms with Gasteiger partial charge in [0.05, 0.1) is 7.11 Å². The molecule has 1 aromatic carbocycles. The van der Waals surface area contributed by atoms with E-state index in [-0.39, 0.29) is 5.56 Å². The van der Waals surface area contributed by atoms with E-state index in [0.29, 0.717) is 0 Å². The highest BCUT2D eigenvalue weighted by Gasteiger charge is 2.74. The summed E-state index contributed by atoms with van der Waals surface area (Å²) in [4.78, 5) is 11.2. The molecule has 1 aromatic rings. The molecule has 0 saturated carbocycles. The first kappa shape index (κ1) is 11.9. The summed E-state index contributed by atoms with van der Waals surface area (Å²) in [6.07, 6.45) is -4.55. The van der Waals surface area contributed by atoms with Crippen molar-refractivity contribution >= 4 is 5.97 Å². The molecule has 0 unspecified atom stereocenters. The Morgan fingerprint density at radius 3 is 2.41 bits per heavy atom. The van der Waals surface area contributed by atoms with Crippen LogP contribution in [-0.2, 0) is 15.1 Å². The zero-order valence-electron chi connectivity index (χ0n) is 8.91. The van der Waals surface area contributed by atoms with Crippen molar-refractivity contribution in [3.8, 4) is 0 Å². The second-order valence-electron chi connectivity index (χ2n) is 3.77. The van der Waals surface area contributed by atoms with Gasteiger partial charge < -0.3 is 4.74 Å². The van der Waals surface area contributed by atoms with Crippen LogP contribution in [0.4, 0.5) is 13.2 Å². The van der Waals surface area contributed by atoms with E-state index in [4.69, 9.17) is 0 Å². The Kier molecular flexibility index (Phi) is 2.61. The minimum Gasteiger partial charge on any atom is -0.468 e. The first-order chi connectivity index (χ1) is 7.93. The lowest BCUT2D eigenvalue weighted by molar-refractivity contribution is -0.169. The Labute approximate surface area is 95.6 Å². The summed E-state index contributed by atoms with van der Waals surface area (Å²) in [6, 6.07) is 5.92. The average Bonchev–Trinajstić information content (AvgIpc) is 3.05. The molecule has 1 aliphatic heterocycles. The summed E-state index contributed by atoms with van der Waals surface area (Å²) < 4.78 is 43.5. The molecule has 0 bridgehead atoms. The van der Waals surface area contributed by atoms with Gasteiger partial charge in [-0.3, -0.25) is 10.1 Å². The van der Waals surface area contributed by atoms with Crippen molar-refractivity contribution in [2.24, 2.45) is 0 Å². The predicted octanol–water partition coefficient (Wildman–Crippen LogP) is 1.59. The van der Waals surface area contributed by atoms with E-state index in [1.807, 2.05) is 0 Å². The number of methoxy groups -OCH3 is 1.